The normalized spacial score (nSPS) is 14.8. The molecule has 3 rings (SSSR count). The molecule has 1 aromatic carbocycles. The third-order valence-corrected chi connectivity index (χ3v) is 3.68. The molecule has 1 aliphatic heterocycles. The van der Waals surface area contributed by atoms with Crippen LogP contribution in [-0.2, 0) is 17.8 Å². The van der Waals surface area contributed by atoms with Crippen molar-refractivity contribution in [2.75, 3.05) is 31.2 Å². The fraction of sp³-hybridized carbons (Fsp3) is 0.412. The number of halogens is 1. The summed E-state index contributed by atoms with van der Waals surface area (Å²) in [5, 5.41) is 0. The van der Waals surface area contributed by atoms with Crippen molar-refractivity contribution in [3.63, 3.8) is 0 Å². The molecule has 6 heteroatoms. The summed E-state index contributed by atoms with van der Waals surface area (Å²) in [6.07, 6.45) is 0.802. The third-order valence-electron chi connectivity index (χ3n) is 3.68. The summed E-state index contributed by atoms with van der Waals surface area (Å²) < 4.78 is 24.3. The average Bonchev–Trinajstić information content (AvgIpc) is 2.60. The lowest BCUT2D eigenvalue weighted by Gasteiger charge is -2.27. The summed E-state index contributed by atoms with van der Waals surface area (Å²) in [5.74, 6) is 0.918. The highest BCUT2D eigenvalue weighted by Crippen LogP contribution is 2.18. The number of hydrogen-bond donors (Lipinski definition) is 0. The van der Waals surface area contributed by atoms with Gasteiger partial charge >= 0.3 is 0 Å². The summed E-state index contributed by atoms with van der Waals surface area (Å²) in [6.45, 7) is 5.23. The molecule has 1 aromatic heterocycles. The van der Waals surface area contributed by atoms with Crippen LogP contribution in [-0.4, -0.2) is 36.3 Å². The summed E-state index contributed by atoms with van der Waals surface area (Å²) in [6, 6.07) is 8.21. The maximum atomic E-state index is 13.2. The first-order valence-corrected chi connectivity index (χ1v) is 7.82. The minimum atomic E-state index is -0.267. The largest absolute Gasteiger partial charge is 0.473 e. The van der Waals surface area contributed by atoms with E-state index in [2.05, 4.69) is 14.9 Å². The molecule has 2 heterocycles. The SMILES string of the molecule is CCc1cc(OCc2cccc(F)c2)nc(N2CCOCC2)n1. The van der Waals surface area contributed by atoms with Gasteiger partial charge in [-0.25, -0.2) is 9.37 Å². The summed E-state index contributed by atoms with van der Waals surface area (Å²) in [4.78, 5) is 11.1. The Balaban J connectivity index is 1.75. The zero-order valence-corrected chi connectivity index (χ0v) is 13.2. The van der Waals surface area contributed by atoms with Crippen LogP contribution in [0.2, 0.25) is 0 Å². The number of nitrogens with zero attached hydrogens (tertiary/aromatic N) is 3. The molecule has 0 atom stereocenters. The molecule has 23 heavy (non-hydrogen) atoms. The number of aryl methyl sites for hydroxylation is 1. The minimum Gasteiger partial charge on any atom is -0.473 e. The molecule has 122 valence electrons. The van der Waals surface area contributed by atoms with E-state index in [-0.39, 0.29) is 12.4 Å². The van der Waals surface area contributed by atoms with Gasteiger partial charge in [-0.2, -0.15) is 4.98 Å². The number of anilines is 1. The Hall–Kier alpha value is -2.21. The first-order valence-electron chi connectivity index (χ1n) is 7.82. The minimum absolute atomic E-state index is 0.267. The van der Waals surface area contributed by atoms with Crippen LogP contribution in [0.15, 0.2) is 30.3 Å². The predicted octanol–water partition coefficient (Wildman–Crippen LogP) is 2.59. The molecular formula is C17H20FN3O2. The van der Waals surface area contributed by atoms with Crippen LogP contribution < -0.4 is 9.64 Å². The highest BCUT2D eigenvalue weighted by atomic mass is 19.1. The monoisotopic (exact) mass is 317 g/mol. The molecule has 0 N–H and O–H groups in total. The molecule has 1 fully saturated rings. The molecule has 0 bridgehead atoms. The molecule has 0 radical (unpaired) electrons. The van der Waals surface area contributed by atoms with Crippen LogP contribution in [0.4, 0.5) is 10.3 Å². The van der Waals surface area contributed by atoms with Crippen molar-refractivity contribution in [3.8, 4) is 5.88 Å². The lowest BCUT2D eigenvalue weighted by atomic mass is 10.2. The third kappa shape index (κ3) is 4.16. The quantitative estimate of drug-likeness (QED) is 0.848. The standard InChI is InChI=1S/C17H20FN3O2/c1-2-15-11-16(23-12-13-4-3-5-14(18)10-13)20-17(19-15)21-6-8-22-9-7-21/h3-5,10-11H,2,6-9,12H2,1H3. The zero-order chi connectivity index (χ0) is 16.1. The van der Waals surface area contributed by atoms with E-state index in [9.17, 15) is 4.39 Å². The number of hydrogen-bond acceptors (Lipinski definition) is 5. The van der Waals surface area contributed by atoms with Crippen molar-refractivity contribution in [2.45, 2.75) is 20.0 Å². The second-order valence-electron chi connectivity index (χ2n) is 5.37. The van der Waals surface area contributed by atoms with Gasteiger partial charge in [0.05, 0.1) is 13.2 Å². The lowest BCUT2D eigenvalue weighted by molar-refractivity contribution is 0.122. The summed E-state index contributed by atoms with van der Waals surface area (Å²) in [5.41, 5.74) is 1.70. The summed E-state index contributed by atoms with van der Waals surface area (Å²) in [7, 11) is 0. The van der Waals surface area contributed by atoms with Crippen LogP contribution >= 0.6 is 0 Å². The topological polar surface area (TPSA) is 47.5 Å². The maximum absolute atomic E-state index is 13.2. The van der Waals surface area contributed by atoms with E-state index in [0.29, 0.717) is 25.0 Å². The van der Waals surface area contributed by atoms with E-state index >= 15 is 0 Å². The van der Waals surface area contributed by atoms with Crippen molar-refractivity contribution in [2.24, 2.45) is 0 Å². The Morgan fingerprint density at radius 2 is 2.04 bits per heavy atom. The Bertz CT molecular complexity index is 660. The number of ether oxygens (including phenoxy) is 2. The van der Waals surface area contributed by atoms with Crippen LogP contribution in [0.25, 0.3) is 0 Å². The van der Waals surface area contributed by atoms with E-state index in [1.54, 1.807) is 6.07 Å². The Morgan fingerprint density at radius 3 is 2.78 bits per heavy atom. The molecule has 0 unspecified atom stereocenters. The van der Waals surface area contributed by atoms with Crippen LogP contribution in [0, 0.1) is 5.82 Å². The smallest absolute Gasteiger partial charge is 0.229 e. The van der Waals surface area contributed by atoms with Crippen molar-refractivity contribution >= 4 is 5.95 Å². The van der Waals surface area contributed by atoms with E-state index in [0.717, 1.165) is 30.8 Å². The van der Waals surface area contributed by atoms with Gasteiger partial charge in [-0.3, -0.25) is 0 Å². The van der Waals surface area contributed by atoms with Crippen LogP contribution in [0.3, 0.4) is 0 Å². The molecule has 1 aliphatic rings. The van der Waals surface area contributed by atoms with E-state index in [1.165, 1.54) is 12.1 Å². The van der Waals surface area contributed by atoms with Gasteiger partial charge in [0.15, 0.2) is 0 Å². The maximum Gasteiger partial charge on any atom is 0.229 e. The van der Waals surface area contributed by atoms with Crippen LogP contribution in [0.5, 0.6) is 5.88 Å². The Labute approximate surface area is 135 Å². The molecule has 0 aliphatic carbocycles. The molecule has 2 aromatic rings. The first kappa shape index (κ1) is 15.7. The van der Waals surface area contributed by atoms with E-state index in [4.69, 9.17) is 9.47 Å². The van der Waals surface area contributed by atoms with Crippen LogP contribution in [0.1, 0.15) is 18.2 Å². The number of rotatable bonds is 5. The van der Waals surface area contributed by atoms with E-state index in [1.807, 2.05) is 19.1 Å². The van der Waals surface area contributed by atoms with Crippen molar-refractivity contribution in [1.29, 1.82) is 0 Å². The van der Waals surface area contributed by atoms with E-state index < -0.39 is 0 Å². The predicted molar refractivity (Wildman–Crippen MR) is 85.2 cm³/mol. The fourth-order valence-corrected chi connectivity index (χ4v) is 2.40. The molecule has 0 spiro atoms. The molecule has 0 amide bonds. The first-order chi connectivity index (χ1) is 11.2. The summed E-state index contributed by atoms with van der Waals surface area (Å²) >= 11 is 0. The van der Waals surface area contributed by atoms with Crippen molar-refractivity contribution in [3.05, 3.63) is 47.4 Å². The van der Waals surface area contributed by atoms with Gasteiger partial charge in [-0.05, 0) is 24.1 Å². The van der Waals surface area contributed by atoms with Gasteiger partial charge in [0, 0.05) is 24.8 Å². The lowest BCUT2D eigenvalue weighted by Crippen LogP contribution is -2.37. The van der Waals surface area contributed by atoms with Crippen molar-refractivity contribution < 1.29 is 13.9 Å². The highest BCUT2D eigenvalue weighted by Gasteiger charge is 2.16. The van der Waals surface area contributed by atoms with Gasteiger partial charge in [0.25, 0.3) is 0 Å². The number of benzene rings is 1. The molecule has 5 nitrogen and oxygen atoms in total. The highest BCUT2D eigenvalue weighted by molar-refractivity contribution is 5.35. The fourth-order valence-electron chi connectivity index (χ4n) is 2.40. The Morgan fingerprint density at radius 1 is 1.22 bits per heavy atom. The molecule has 1 saturated heterocycles. The molecular weight excluding hydrogens is 297 g/mol. The van der Waals surface area contributed by atoms with Gasteiger partial charge in [0.1, 0.15) is 12.4 Å². The van der Waals surface area contributed by atoms with Gasteiger partial charge in [-0.1, -0.05) is 19.1 Å². The van der Waals surface area contributed by atoms with Gasteiger partial charge in [-0.15, -0.1) is 0 Å². The van der Waals surface area contributed by atoms with Gasteiger partial charge < -0.3 is 14.4 Å². The number of aromatic nitrogens is 2. The zero-order valence-electron chi connectivity index (χ0n) is 13.2. The van der Waals surface area contributed by atoms with Crippen molar-refractivity contribution in [1.82, 2.24) is 9.97 Å². The second-order valence-corrected chi connectivity index (χ2v) is 5.37. The second kappa shape index (κ2) is 7.37. The van der Waals surface area contributed by atoms with Gasteiger partial charge in [0.2, 0.25) is 11.8 Å². The average molecular weight is 317 g/mol. The Kier molecular flexibility index (Phi) is 5.02. The number of morpholine rings is 1. The molecule has 0 saturated carbocycles.